The number of nitrogens with one attached hydrogen (secondary N) is 1. The zero-order valence-corrected chi connectivity index (χ0v) is 17.4. The third-order valence-corrected chi connectivity index (χ3v) is 5.72. The monoisotopic (exact) mass is 407 g/mol. The van der Waals surface area contributed by atoms with Gasteiger partial charge < -0.3 is 9.80 Å². The fraction of sp³-hybridized carbons (Fsp3) is 0.364. The number of piperazine rings is 1. The number of carbonyl (C=O) groups excluding carboxylic acids is 3. The number of nitrogens with zero attached hydrogens (tertiary/aromatic N) is 4. The molecule has 1 aromatic heterocycles. The van der Waals surface area contributed by atoms with E-state index >= 15 is 0 Å². The number of hydrogen-bond acceptors (Lipinski definition) is 5. The fourth-order valence-electron chi connectivity index (χ4n) is 3.89. The van der Waals surface area contributed by atoms with Gasteiger partial charge in [-0.15, -0.1) is 0 Å². The number of hydrogen-bond donors (Lipinski definition) is 1. The molecule has 0 radical (unpaired) electrons. The summed E-state index contributed by atoms with van der Waals surface area (Å²) in [5, 5.41) is 2.25. The van der Waals surface area contributed by atoms with E-state index in [1.807, 2.05) is 11.8 Å². The van der Waals surface area contributed by atoms with Crippen molar-refractivity contribution in [2.45, 2.75) is 20.8 Å². The number of pyridine rings is 1. The summed E-state index contributed by atoms with van der Waals surface area (Å²) < 4.78 is 0. The Bertz CT molecular complexity index is 1010. The molecule has 1 N–H and O–H groups in total. The van der Waals surface area contributed by atoms with E-state index in [9.17, 15) is 14.4 Å². The lowest BCUT2D eigenvalue weighted by Gasteiger charge is -2.36. The second-order valence-electron chi connectivity index (χ2n) is 7.80. The van der Waals surface area contributed by atoms with Gasteiger partial charge in [0.25, 0.3) is 5.91 Å². The highest BCUT2D eigenvalue weighted by atomic mass is 16.2. The van der Waals surface area contributed by atoms with E-state index < -0.39 is 6.03 Å². The van der Waals surface area contributed by atoms with Crippen LogP contribution in [-0.4, -0.2) is 60.5 Å². The number of imide groups is 1. The average Bonchev–Trinajstić information content (AvgIpc) is 3.08. The first-order valence-corrected chi connectivity index (χ1v) is 10.0. The molecular formula is C22H25N5O3. The Morgan fingerprint density at radius 3 is 2.23 bits per heavy atom. The van der Waals surface area contributed by atoms with Crippen molar-refractivity contribution in [1.29, 1.82) is 0 Å². The number of carbonyl (C=O) groups is 3. The zero-order valence-electron chi connectivity index (χ0n) is 17.4. The van der Waals surface area contributed by atoms with Gasteiger partial charge >= 0.3 is 6.03 Å². The minimum Gasteiger partial charge on any atom is -0.353 e. The largest absolute Gasteiger partial charge is 0.353 e. The topological polar surface area (TPSA) is 85.9 Å². The van der Waals surface area contributed by atoms with Crippen LogP contribution in [0.5, 0.6) is 0 Å². The Morgan fingerprint density at radius 1 is 0.967 bits per heavy atom. The first-order valence-electron chi connectivity index (χ1n) is 10.0. The summed E-state index contributed by atoms with van der Waals surface area (Å²) >= 11 is 0. The quantitative estimate of drug-likeness (QED) is 0.787. The molecule has 4 rings (SSSR count). The summed E-state index contributed by atoms with van der Waals surface area (Å²) in [6, 6.07) is 8.52. The van der Waals surface area contributed by atoms with Gasteiger partial charge in [-0.05, 0) is 56.2 Å². The second kappa shape index (κ2) is 7.78. The average molecular weight is 407 g/mol. The molecule has 2 aliphatic heterocycles. The normalized spacial score (nSPS) is 16.8. The van der Waals surface area contributed by atoms with Crippen molar-refractivity contribution in [1.82, 2.24) is 15.2 Å². The highest BCUT2D eigenvalue weighted by Gasteiger charge is 2.28. The molecule has 0 spiro atoms. The van der Waals surface area contributed by atoms with Crippen molar-refractivity contribution in [3.05, 3.63) is 52.7 Å². The molecule has 2 fully saturated rings. The number of aromatic nitrogens is 1. The summed E-state index contributed by atoms with van der Waals surface area (Å²) in [4.78, 5) is 46.2. The summed E-state index contributed by atoms with van der Waals surface area (Å²) in [5.41, 5.74) is 4.53. The summed E-state index contributed by atoms with van der Waals surface area (Å²) in [7, 11) is 0. The molecule has 156 valence electrons. The van der Waals surface area contributed by atoms with Crippen molar-refractivity contribution >= 4 is 29.4 Å². The van der Waals surface area contributed by atoms with Gasteiger partial charge in [-0.2, -0.15) is 0 Å². The predicted octanol–water partition coefficient (Wildman–Crippen LogP) is 2.03. The van der Waals surface area contributed by atoms with Gasteiger partial charge in [0.1, 0.15) is 12.4 Å². The second-order valence-corrected chi connectivity index (χ2v) is 7.80. The van der Waals surface area contributed by atoms with Gasteiger partial charge in [-0.25, -0.2) is 9.78 Å². The lowest BCUT2D eigenvalue weighted by atomic mass is 10.1. The van der Waals surface area contributed by atoms with Gasteiger partial charge in [-0.1, -0.05) is 6.07 Å². The Hall–Kier alpha value is -3.42. The van der Waals surface area contributed by atoms with E-state index in [-0.39, 0.29) is 18.4 Å². The maximum Gasteiger partial charge on any atom is 0.329 e. The minimum atomic E-state index is -0.439. The molecule has 2 aromatic rings. The van der Waals surface area contributed by atoms with Crippen LogP contribution in [0.4, 0.5) is 16.3 Å². The van der Waals surface area contributed by atoms with Gasteiger partial charge in [0.15, 0.2) is 0 Å². The fourth-order valence-corrected chi connectivity index (χ4v) is 3.89. The third-order valence-electron chi connectivity index (χ3n) is 5.72. The number of aryl methyl sites for hydroxylation is 3. The zero-order chi connectivity index (χ0) is 21.4. The molecule has 2 aliphatic rings. The summed E-state index contributed by atoms with van der Waals surface area (Å²) in [5.74, 6) is 0.632. The van der Waals surface area contributed by atoms with Crippen molar-refractivity contribution < 1.29 is 14.4 Å². The number of urea groups is 1. The van der Waals surface area contributed by atoms with Crippen LogP contribution in [0.3, 0.4) is 0 Å². The van der Waals surface area contributed by atoms with Gasteiger partial charge in [0.2, 0.25) is 5.91 Å². The first-order chi connectivity index (χ1) is 14.3. The molecule has 4 amide bonds. The molecule has 1 aromatic carbocycles. The minimum absolute atomic E-state index is 0.0000230. The van der Waals surface area contributed by atoms with E-state index in [0.29, 0.717) is 24.3 Å². The Balaban J connectivity index is 1.40. The van der Waals surface area contributed by atoms with E-state index in [4.69, 9.17) is 4.98 Å². The van der Waals surface area contributed by atoms with Crippen molar-refractivity contribution in [3.8, 4) is 0 Å². The van der Waals surface area contributed by atoms with E-state index in [0.717, 1.165) is 30.2 Å². The van der Waals surface area contributed by atoms with Gasteiger partial charge in [-0.3, -0.25) is 19.8 Å². The standard InChI is InChI=1S/C22H25N5O3/c1-14-12-15(2)20(23-16(14)3)25-8-10-26(11-9-25)21(29)17-4-6-18(7-5-17)27-13-19(28)24-22(27)30/h4-7,12H,8-11,13H2,1-3H3,(H,24,28,30). The summed E-state index contributed by atoms with van der Waals surface area (Å²) in [6.07, 6.45) is 0. The maximum atomic E-state index is 12.9. The molecule has 0 unspecified atom stereocenters. The SMILES string of the molecule is Cc1cc(C)c(N2CCN(C(=O)c3ccc(N4CC(=O)NC4=O)cc3)CC2)nc1C. The van der Waals surface area contributed by atoms with Crippen LogP contribution in [0, 0.1) is 20.8 Å². The molecular weight excluding hydrogens is 382 g/mol. The lowest BCUT2D eigenvalue weighted by molar-refractivity contribution is -0.117. The Morgan fingerprint density at radius 2 is 1.63 bits per heavy atom. The molecule has 0 saturated carbocycles. The number of amides is 4. The van der Waals surface area contributed by atoms with Crippen LogP contribution < -0.4 is 15.1 Å². The van der Waals surface area contributed by atoms with Crippen molar-refractivity contribution in [2.75, 3.05) is 42.5 Å². The van der Waals surface area contributed by atoms with Gasteiger partial charge in [0, 0.05) is 43.1 Å². The van der Waals surface area contributed by atoms with Crippen molar-refractivity contribution in [3.63, 3.8) is 0 Å². The van der Waals surface area contributed by atoms with Crippen LogP contribution in [-0.2, 0) is 4.79 Å². The van der Waals surface area contributed by atoms with Crippen LogP contribution in [0.15, 0.2) is 30.3 Å². The van der Waals surface area contributed by atoms with E-state index in [1.165, 1.54) is 10.5 Å². The number of anilines is 2. The molecule has 8 heteroatoms. The molecule has 8 nitrogen and oxygen atoms in total. The highest BCUT2D eigenvalue weighted by Crippen LogP contribution is 2.23. The van der Waals surface area contributed by atoms with Gasteiger partial charge in [0.05, 0.1) is 0 Å². The Labute approximate surface area is 175 Å². The maximum absolute atomic E-state index is 12.9. The van der Waals surface area contributed by atoms with E-state index in [1.54, 1.807) is 24.3 Å². The molecule has 0 aliphatic carbocycles. The van der Waals surface area contributed by atoms with Crippen molar-refractivity contribution in [2.24, 2.45) is 0 Å². The van der Waals surface area contributed by atoms with E-state index in [2.05, 4.69) is 30.1 Å². The van der Waals surface area contributed by atoms with Crippen LogP contribution in [0.1, 0.15) is 27.2 Å². The molecule has 30 heavy (non-hydrogen) atoms. The Kier molecular flexibility index (Phi) is 5.15. The third kappa shape index (κ3) is 3.72. The predicted molar refractivity (Wildman–Crippen MR) is 114 cm³/mol. The number of benzene rings is 1. The van der Waals surface area contributed by atoms with Crippen LogP contribution in [0.25, 0.3) is 0 Å². The first kappa shape index (κ1) is 19.9. The molecule has 0 bridgehead atoms. The summed E-state index contributed by atoms with van der Waals surface area (Å²) in [6.45, 7) is 8.86. The molecule has 0 atom stereocenters. The number of rotatable bonds is 3. The van der Waals surface area contributed by atoms with Crippen LogP contribution in [0.2, 0.25) is 0 Å². The lowest BCUT2D eigenvalue weighted by Crippen LogP contribution is -2.49. The van der Waals surface area contributed by atoms with Crippen LogP contribution >= 0.6 is 0 Å². The molecule has 2 saturated heterocycles. The highest BCUT2D eigenvalue weighted by molar-refractivity contribution is 6.12. The smallest absolute Gasteiger partial charge is 0.329 e. The molecule has 3 heterocycles.